The van der Waals surface area contributed by atoms with Gasteiger partial charge in [0.15, 0.2) is 5.82 Å². The van der Waals surface area contributed by atoms with Gasteiger partial charge in [0.1, 0.15) is 18.2 Å². The normalized spacial score (nSPS) is 15.5. The zero-order valence-electron chi connectivity index (χ0n) is 12.3. The number of aliphatic hydroxyl groups excluding tert-OH is 1. The molecule has 0 saturated carbocycles. The van der Waals surface area contributed by atoms with Gasteiger partial charge >= 0.3 is 0 Å². The van der Waals surface area contributed by atoms with E-state index < -0.39 is 6.10 Å². The highest BCUT2D eigenvalue weighted by Crippen LogP contribution is 2.21. The summed E-state index contributed by atoms with van der Waals surface area (Å²) in [7, 11) is 0. The van der Waals surface area contributed by atoms with Gasteiger partial charge in [-0.3, -0.25) is 0 Å². The number of ether oxygens (including phenoxy) is 1. The lowest BCUT2D eigenvalue weighted by Crippen LogP contribution is -2.14. The molecule has 2 heterocycles. The van der Waals surface area contributed by atoms with Crippen LogP contribution in [0.4, 0.5) is 0 Å². The number of aromatic nitrogens is 3. The van der Waals surface area contributed by atoms with E-state index in [2.05, 4.69) is 14.8 Å². The van der Waals surface area contributed by atoms with Crippen LogP contribution in [0.15, 0.2) is 24.3 Å². The molecule has 0 aliphatic carbocycles. The molecule has 1 N–H and O–H groups in total. The monoisotopic (exact) mass is 287 g/mol. The Balaban J connectivity index is 1.64. The summed E-state index contributed by atoms with van der Waals surface area (Å²) in [6.45, 7) is 3.38. The minimum atomic E-state index is -0.400. The molecule has 1 aromatic carbocycles. The molecule has 0 saturated heterocycles. The number of hydrogen-bond acceptors (Lipinski definition) is 4. The minimum Gasteiger partial charge on any atom is -0.486 e. The summed E-state index contributed by atoms with van der Waals surface area (Å²) in [5, 5.41) is 18.2. The van der Waals surface area contributed by atoms with Crippen molar-refractivity contribution in [3.05, 3.63) is 41.5 Å². The van der Waals surface area contributed by atoms with Crippen LogP contribution in [0.5, 0.6) is 5.75 Å². The molecule has 3 rings (SSSR count). The van der Waals surface area contributed by atoms with Gasteiger partial charge in [0.25, 0.3) is 0 Å². The second-order valence-electron chi connectivity index (χ2n) is 5.42. The van der Waals surface area contributed by atoms with E-state index in [1.807, 2.05) is 31.2 Å². The van der Waals surface area contributed by atoms with Crippen molar-refractivity contribution >= 4 is 0 Å². The summed E-state index contributed by atoms with van der Waals surface area (Å²) in [5.74, 6) is 2.75. The van der Waals surface area contributed by atoms with Crippen LogP contribution in [-0.4, -0.2) is 19.9 Å². The zero-order chi connectivity index (χ0) is 14.7. The second-order valence-corrected chi connectivity index (χ2v) is 5.42. The third kappa shape index (κ3) is 3.08. The first-order chi connectivity index (χ1) is 10.3. The number of fused-ring (bicyclic) bond motifs is 1. The predicted octanol–water partition coefficient (Wildman–Crippen LogP) is 2.64. The lowest BCUT2D eigenvalue weighted by molar-refractivity contribution is 0.173. The Kier molecular flexibility index (Phi) is 4.20. The van der Waals surface area contributed by atoms with Crippen LogP contribution in [0.1, 0.15) is 49.5 Å². The lowest BCUT2D eigenvalue weighted by atomic mass is 10.1. The van der Waals surface area contributed by atoms with Crippen molar-refractivity contribution in [3.63, 3.8) is 0 Å². The molecular formula is C16H21N3O2. The van der Waals surface area contributed by atoms with Crippen LogP contribution < -0.4 is 4.74 Å². The third-order valence-electron chi connectivity index (χ3n) is 3.96. The summed E-state index contributed by atoms with van der Waals surface area (Å²) in [6.07, 6.45) is 3.70. The summed E-state index contributed by atoms with van der Waals surface area (Å²) in [4.78, 5) is 0. The van der Waals surface area contributed by atoms with Crippen LogP contribution in [0.2, 0.25) is 0 Å². The van der Waals surface area contributed by atoms with E-state index in [1.54, 1.807) is 0 Å². The maximum absolute atomic E-state index is 9.77. The van der Waals surface area contributed by atoms with Crippen molar-refractivity contribution in [3.8, 4) is 5.75 Å². The fourth-order valence-corrected chi connectivity index (χ4v) is 2.65. The van der Waals surface area contributed by atoms with Crippen molar-refractivity contribution < 1.29 is 9.84 Å². The standard InChI is InChI=1S/C16H21N3O2/c1-2-14(20)12-6-8-13(9-7-12)21-11-16-18-17-15-5-3-4-10-19(15)16/h6-9,14,20H,2-5,10-11H2,1H3/t14-/m1/s1. The van der Waals surface area contributed by atoms with Crippen molar-refractivity contribution in [1.29, 1.82) is 0 Å². The topological polar surface area (TPSA) is 60.2 Å². The zero-order valence-corrected chi connectivity index (χ0v) is 12.3. The van der Waals surface area contributed by atoms with E-state index in [9.17, 15) is 5.11 Å². The minimum absolute atomic E-state index is 0.400. The molecule has 0 unspecified atom stereocenters. The average molecular weight is 287 g/mol. The molecule has 21 heavy (non-hydrogen) atoms. The van der Waals surface area contributed by atoms with Gasteiger partial charge in [0.05, 0.1) is 6.10 Å². The quantitative estimate of drug-likeness (QED) is 0.918. The molecule has 5 nitrogen and oxygen atoms in total. The van der Waals surface area contributed by atoms with Gasteiger partial charge in [0, 0.05) is 13.0 Å². The SMILES string of the molecule is CC[C@@H](O)c1ccc(OCc2nnc3n2CCCC3)cc1. The molecule has 1 aromatic heterocycles. The lowest BCUT2D eigenvalue weighted by Gasteiger charge is -2.15. The Hall–Kier alpha value is -1.88. The molecule has 0 amide bonds. The maximum Gasteiger partial charge on any atom is 0.171 e. The van der Waals surface area contributed by atoms with Crippen LogP contribution in [-0.2, 0) is 19.6 Å². The van der Waals surface area contributed by atoms with Crippen molar-refractivity contribution in [2.75, 3.05) is 0 Å². The molecule has 5 heteroatoms. The number of aryl methyl sites for hydroxylation is 1. The fraction of sp³-hybridized carbons (Fsp3) is 0.500. The molecule has 0 bridgehead atoms. The summed E-state index contributed by atoms with van der Waals surface area (Å²) in [6, 6.07) is 7.59. The van der Waals surface area contributed by atoms with Crippen LogP contribution in [0.25, 0.3) is 0 Å². The van der Waals surface area contributed by atoms with Crippen molar-refractivity contribution in [2.45, 2.75) is 51.9 Å². The Morgan fingerprint density at radius 2 is 2.05 bits per heavy atom. The molecule has 0 fully saturated rings. The van der Waals surface area contributed by atoms with Gasteiger partial charge in [-0.05, 0) is 37.0 Å². The number of aliphatic hydroxyl groups is 1. The largest absolute Gasteiger partial charge is 0.486 e. The first-order valence-corrected chi connectivity index (χ1v) is 7.59. The van der Waals surface area contributed by atoms with E-state index in [1.165, 1.54) is 12.8 Å². The highest BCUT2D eigenvalue weighted by atomic mass is 16.5. The van der Waals surface area contributed by atoms with Crippen LogP contribution >= 0.6 is 0 Å². The molecule has 1 atom stereocenters. The number of nitrogens with zero attached hydrogens (tertiary/aromatic N) is 3. The van der Waals surface area contributed by atoms with Crippen molar-refractivity contribution in [1.82, 2.24) is 14.8 Å². The van der Waals surface area contributed by atoms with Gasteiger partial charge in [-0.2, -0.15) is 0 Å². The number of hydrogen-bond donors (Lipinski definition) is 1. The van der Waals surface area contributed by atoms with Gasteiger partial charge in [-0.1, -0.05) is 19.1 Å². The second kappa shape index (κ2) is 6.26. The number of benzene rings is 1. The maximum atomic E-state index is 9.77. The van der Waals surface area contributed by atoms with Gasteiger partial charge in [-0.15, -0.1) is 10.2 Å². The molecule has 1 aliphatic rings. The van der Waals surface area contributed by atoms with E-state index >= 15 is 0 Å². The predicted molar refractivity (Wildman–Crippen MR) is 79.0 cm³/mol. The smallest absolute Gasteiger partial charge is 0.171 e. The highest BCUT2D eigenvalue weighted by molar-refractivity contribution is 5.28. The van der Waals surface area contributed by atoms with Gasteiger partial charge < -0.3 is 14.4 Å². The molecule has 2 aromatic rings. The Morgan fingerprint density at radius 3 is 2.81 bits per heavy atom. The first kappa shape index (κ1) is 14.1. The number of rotatable bonds is 5. The Labute approximate surface area is 124 Å². The average Bonchev–Trinajstić information content (AvgIpc) is 2.96. The third-order valence-corrected chi connectivity index (χ3v) is 3.96. The van der Waals surface area contributed by atoms with E-state index in [-0.39, 0.29) is 0 Å². The van der Waals surface area contributed by atoms with E-state index in [0.717, 1.165) is 35.9 Å². The molecule has 1 aliphatic heterocycles. The molecule has 0 spiro atoms. The molecule has 0 radical (unpaired) electrons. The Morgan fingerprint density at radius 1 is 1.24 bits per heavy atom. The molecular weight excluding hydrogens is 266 g/mol. The fourth-order valence-electron chi connectivity index (χ4n) is 2.65. The van der Waals surface area contributed by atoms with Gasteiger partial charge in [0.2, 0.25) is 0 Å². The molecule has 112 valence electrons. The van der Waals surface area contributed by atoms with Crippen LogP contribution in [0.3, 0.4) is 0 Å². The summed E-state index contributed by atoms with van der Waals surface area (Å²) < 4.78 is 7.95. The van der Waals surface area contributed by atoms with Gasteiger partial charge in [-0.25, -0.2) is 0 Å². The summed E-state index contributed by atoms with van der Waals surface area (Å²) >= 11 is 0. The Bertz CT molecular complexity index is 592. The highest BCUT2D eigenvalue weighted by Gasteiger charge is 2.15. The first-order valence-electron chi connectivity index (χ1n) is 7.59. The van der Waals surface area contributed by atoms with E-state index in [0.29, 0.717) is 13.0 Å². The summed E-state index contributed by atoms with van der Waals surface area (Å²) in [5.41, 5.74) is 0.921. The van der Waals surface area contributed by atoms with Crippen molar-refractivity contribution in [2.24, 2.45) is 0 Å². The van der Waals surface area contributed by atoms with E-state index in [4.69, 9.17) is 4.74 Å². The van der Waals surface area contributed by atoms with Crippen LogP contribution in [0, 0.1) is 0 Å².